The van der Waals surface area contributed by atoms with E-state index in [9.17, 15) is 27.3 Å². The van der Waals surface area contributed by atoms with Gasteiger partial charge in [0.25, 0.3) is 0 Å². The molecule has 0 fully saturated rings. The van der Waals surface area contributed by atoms with E-state index in [0.29, 0.717) is 11.5 Å². The quantitative estimate of drug-likeness (QED) is 0.415. The van der Waals surface area contributed by atoms with E-state index >= 15 is 0 Å². The number of nitrogens with two attached hydrogens (primary N) is 1. The van der Waals surface area contributed by atoms with Gasteiger partial charge < -0.3 is 20.4 Å². The van der Waals surface area contributed by atoms with Crippen molar-refractivity contribution < 1.29 is 36.8 Å². The Balaban J connectivity index is 2.24. The molecule has 0 aliphatic heterocycles. The van der Waals surface area contributed by atoms with E-state index in [1.807, 2.05) is 20.8 Å². The number of aromatic nitrogens is 2. The third kappa shape index (κ3) is 6.51. The molecule has 1 aromatic carbocycles. The molecular formula is C20H27F3N4O5S. The zero-order chi connectivity index (χ0) is 25.2. The Morgan fingerprint density at radius 1 is 1.18 bits per heavy atom. The average Bonchev–Trinajstić information content (AvgIpc) is 3.20. The fraction of sp³-hybridized carbons (Fsp3) is 0.550. The molecule has 3 atom stereocenters. The number of carboxylic acids is 1. The number of aliphatic hydroxyl groups is 1. The number of carboxylic acid groups (broad SMARTS) is 1. The lowest BCUT2D eigenvalue weighted by Gasteiger charge is -2.31. The number of halogens is 3. The third-order valence-electron chi connectivity index (χ3n) is 5.01. The number of nitrogens with zero attached hydrogens (tertiary/aromatic N) is 2. The van der Waals surface area contributed by atoms with Crippen molar-refractivity contribution in [2.45, 2.75) is 56.8 Å². The highest BCUT2D eigenvalue weighted by Gasteiger charge is 2.54. The summed E-state index contributed by atoms with van der Waals surface area (Å²) >= 11 is 0. The number of alkyl halides is 3. The number of carbonyl (C=O) groups is 1. The van der Waals surface area contributed by atoms with Gasteiger partial charge in [-0.25, -0.2) is 4.21 Å². The first-order valence-corrected chi connectivity index (χ1v) is 11.8. The molecule has 33 heavy (non-hydrogen) atoms. The third-order valence-corrected chi connectivity index (χ3v) is 6.77. The van der Waals surface area contributed by atoms with Crippen LogP contribution in [-0.4, -0.2) is 54.3 Å². The van der Waals surface area contributed by atoms with E-state index in [-0.39, 0.29) is 12.3 Å². The van der Waals surface area contributed by atoms with Crippen LogP contribution in [0.1, 0.15) is 45.1 Å². The molecule has 0 aliphatic carbocycles. The second kappa shape index (κ2) is 9.39. The highest BCUT2D eigenvalue weighted by atomic mass is 32.2. The molecule has 2 unspecified atom stereocenters. The fourth-order valence-corrected chi connectivity index (χ4v) is 4.30. The predicted octanol–water partition coefficient (Wildman–Crippen LogP) is 3.02. The Kier molecular flexibility index (Phi) is 7.61. The minimum Gasteiger partial charge on any atom is -0.480 e. The van der Waals surface area contributed by atoms with Crippen molar-refractivity contribution in [2.75, 3.05) is 11.5 Å². The average molecular weight is 493 g/mol. The van der Waals surface area contributed by atoms with Gasteiger partial charge in [0.05, 0.1) is 0 Å². The molecule has 0 amide bonds. The molecule has 0 spiro atoms. The van der Waals surface area contributed by atoms with Gasteiger partial charge in [-0.2, -0.15) is 13.2 Å². The number of rotatable bonds is 9. The first-order valence-electron chi connectivity index (χ1n) is 9.93. The van der Waals surface area contributed by atoms with Crippen LogP contribution < -0.4 is 5.73 Å². The number of aliphatic carboxylic acids is 1. The van der Waals surface area contributed by atoms with Crippen molar-refractivity contribution in [1.29, 1.82) is 4.78 Å². The van der Waals surface area contributed by atoms with Gasteiger partial charge in [0.15, 0.2) is 5.60 Å². The van der Waals surface area contributed by atoms with Crippen LogP contribution in [0.25, 0.3) is 11.5 Å². The van der Waals surface area contributed by atoms with E-state index in [2.05, 4.69) is 10.2 Å². The first kappa shape index (κ1) is 26.7. The van der Waals surface area contributed by atoms with Gasteiger partial charge in [0.2, 0.25) is 11.8 Å². The standard InChI is InChI=1S/C20H27F3N4O5S/c1-18(2,3)17-27-26-15(32-17)12-4-6-13(7-5-12)19(30,20(21,22)23)9-11-33(25,31)10-8-14(24)16(28)29/h4-7,14,25,30H,8-11,24H2,1-3H3,(H,28,29)/t14-,19?,33?/m0/s1. The molecule has 0 aliphatic rings. The minimum absolute atomic E-state index is 0.103. The summed E-state index contributed by atoms with van der Waals surface area (Å²) in [4.78, 5) is 10.7. The van der Waals surface area contributed by atoms with Gasteiger partial charge in [-0.1, -0.05) is 32.9 Å². The maximum absolute atomic E-state index is 13.8. The molecular weight excluding hydrogens is 465 g/mol. The summed E-state index contributed by atoms with van der Waals surface area (Å²) in [6.45, 7) is 5.57. The molecule has 0 bridgehead atoms. The van der Waals surface area contributed by atoms with Crippen LogP contribution in [0.15, 0.2) is 28.7 Å². The maximum Gasteiger partial charge on any atom is 0.421 e. The monoisotopic (exact) mass is 492 g/mol. The molecule has 2 aromatic rings. The second-order valence-electron chi connectivity index (χ2n) is 8.80. The lowest BCUT2D eigenvalue weighted by atomic mass is 9.90. The molecule has 0 saturated carbocycles. The summed E-state index contributed by atoms with van der Waals surface area (Å²) in [5, 5.41) is 27.1. The molecule has 9 nitrogen and oxygen atoms in total. The van der Waals surface area contributed by atoms with Gasteiger partial charge in [0, 0.05) is 38.6 Å². The summed E-state index contributed by atoms with van der Waals surface area (Å²) in [6.07, 6.45) is -6.50. The van der Waals surface area contributed by atoms with Crippen molar-refractivity contribution >= 4 is 15.7 Å². The molecule has 2 rings (SSSR count). The van der Waals surface area contributed by atoms with E-state index in [0.717, 1.165) is 12.1 Å². The minimum atomic E-state index is -5.12. The zero-order valence-corrected chi connectivity index (χ0v) is 19.2. The van der Waals surface area contributed by atoms with Crippen LogP contribution in [0.3, 0.4) is 0 Å². The number of nitrogens with one attached hydrogen (secondary N) is 1. The number of hydrogen-bond acceptors (Lipinski definition) is 8. The van der Waals surface area contributed by atoms with Gasteiger partial charge in [0.1, 0.15) is 6.04 Å². The molecule has 5 N–H and O–H groups in total. The van der Waals surface area contributed by atoms with Crippen molar-refractivity contribution in [3.63, 3.8) is 0 Å². The summed E-state index contributed by atoms with van der Waals surface area (Å²) in [5.41, 5.74) is 1.35. The van der Waals surface area contributed by atoms with Gasteiger partial charge >= 0.3 is 12.1 Å². The second-order valence-corrected chi connectivity index (χ2v) is 11.2. The summed E-state index contributed by atoms with van der Waals surface area (Å²) in [6, 6.07) is 3.30. The Bertz CT molecular complexity index is 1080. The highest BCUT2D eigenvalue weighted by Crippen LogP contribution is 2.42. The van der Waals surface area contributed by atoms with Crippen LogP contribution in [0.2, 0.25) is 0 Å². The van der Waals surface area contributed by atoms with E-state index in [4.69, 9.17) is 20.0 Å². The van der Waals surface area contributed by atoms with E-state index in [1.54, 1.807) is 0 Å². The summed E-state index contributed by atoms with van der Waals surface area (Å²) in [7, 11) is -3.61. The van der Waals surface area contributed by atoms with Gasteiger partial charge in [-0.05, 0) is 24.1 Å². The SMILES string of the molecule is CC(C)(C)c1nnc(-c2ccc(C(O)(CCS(=N)(=O)CC[C@H](N)C(=O)O)C(F)(F)F)cc2)o1. The zero-order valence-electron chi connectivity index (χ0n) is 18.3. The smallest absolute Gasteiger partial charge is 0.421 e. The van der Waals surface area contributed by atoms with Crippen molar-refractivity contribution in [3.05, 3.63) is 35.7 Å². The van der Waals surface area contributed by atoms with Crippen LogP contribution >= 0.6 is 0 Å². The Morgan fingerprint density at radius 3 is 2.21 bits per heavy atom. The maximum atomic E-state index is 13.8. The molecule has 0 radical (unpaired) electrons. The van der Waals surface area contributed by atoms with E-state index < -0.39 is 62.4 Å². The molecule has 0 saturated heterocycles. The molecule has 1 heterocycles. The number of benzene rings is 1. The topological polar surface area (TPSA) is 163 Å². The summed E-state index contributed by atoms with van der Waals surface area (Å²) < 4.78 is 67.1. The van der Waals surface area contributed by atoms with Gasteiger partial charge in [-0.3, -0.25) is 9.57 Å². The lowest BCUT2D eigenvalue weighted by Crippen LogP contribution is -2.44. The van der Waals surface area contributed by atoms with Crippen molar-refractivity contribution in [2.24, 2.45) is 5.73 Å². The Morgan fingerprint density at radius 2 is 1.76 bits per heavy atom. The first-order chi connectivity index (χ1) is 15.0. The van der Waals surface area contributed by atoms with Gasteiger partial charge in [-0.15, -0.1) is 10.2 Å². The number of hydrogen-bond donors (Lipinski definition) is 4. The van der Waals surface area contributed by atoms with Crippen LogP contribution in [0.4, 0.5) is 13.2 Å². The predicted molar refractivity (Wildman–Crippen MR) is 114 cm³/mol. The molecule has 184 valence electrons. The largest absolute Gasteiger partial charge is 0.480 e. The molecule has 13 heteroatoms. The van der Waals surface area contributed by atoms with Crippen LogP contribution in [0.5, 0.6) is 0 Å². The lowest BCUT2D eigenvalue weighted by molar-refractivity contribution is -0.267. The van der Waals surface area contributed by atoms with Crippen LogP contribution in [0, 0.1) is 4.78 Å². The van der Waals surface area contributed by atoms with Crippen LogP contribution in [-0.2, 0) is 25.5 Å². The Labute approximate surface area is 189 Å². The van der Waals surface area contributed by atoms with E-state index in [1.165, 1.54) is 12.1 Å². The van der Waals surface area contributed by atoms with Crippen molar-refractivity contribution in [1.82, 2.24) is 10.2 Å². The molecule has 1 aromatic heterocycles. The summed E-state index contributed by atoms with van der Waals surface area (Å²) in [5.74, 6) is -2.21. The normalized spacial score (nSPS) is 17.2. The van der Waals surface area contributed by atoms with Crippen molar-refractivity contribution in [3.8, 4) is 11.5 Å². The Hall–Kier alpha value is -2.51. The highest BCUT2D eigenvalue weighted by molar-refractivity contribution is 7.92. The fourth-order valence-electron chi connectivity index (χ4n) is 2.84.